The van der Waals surface area contributed by atoms with Gasteiger partial charge in [0.25, 0.3) is 0 Å². The van der Waals surface area contributed by atoms with E-state index in [9.17, 15) is 4.39 Å². The molecule has 0 radical (unpaired) electrons. The Morgan fingerprint density at radius 3 is 2.53 bits per heavy atom. The molecule has 0 aromatic heterocycles. The fourth-order valence-electron chi connectivity index (χ4n) is 1.32. The predicted octanol–water partition coefficient (Wildman–Crippen LogP) is 3.02. The van der Waals surface area contributed by atoms with Crippen LogP contribution in [0.15, 0.2) is 22.7 Å². The lowest BCUT2D eigenvalue weighted by atomic mass is 10.0. The van der Waals surface area contributed by atoms with Gasteiger partial charge >= 0.3 is 0 Å². The predicted molar refractivity (Wildman–Crippen MR) is 73.6 cm³/mol. The third kappa shape index (κ3) is 4.37. The van der Waals surface area contributed by atoms with Crippen molar-refractivity contribution < 1.29 is 4.39 Å². The largest absolute Gasteiger partial charge is 0.311 e. The molecule has 2 nitrogen and oxygen atoms in total. The summed E-state index contributed by atoms with van der Waals surface area (Å²) in [7, 11) is 4.11. The highest BCUT2D eigenvalue weighted by Gasteiger charge is 2.19. The van der Waals surface area contributed by atoms with E-state index in [1.807, 2.05) is 6.07 Å². The Hall–Kier alpha value is -0.450. The Morgan fingerprint density at radius 1 is 1.35 bits per heavy atom. The number of halogens is 2. The molecule has 0 fully saturated rings. The van der Waals surface area contributed by atoms with Crippen LogP contribution in [-0.4, -0.2) is 31.1 Å². The highest BCUT2D eigenvalue weighted by atomic mass is 79.9. The topological polar surface area (TPSA) is 15.3 Å². The first kappa shape index (κ1) is 14.6. The molecule has 17 heavy (non-hydrogen) atoms. The molecule has 0 heterocycles. The van der Waals surface area contributed by atoms with Crippen LogP contribution >= 0.6 is 15.9 Å². The first-order valence-corrected chi connectivity index (χ1v) is 6.44. The van der Waals surface area contributed by atoms with Gasteiger partial charge in [0.05, 0.1) is 4.47 Å². The maximum Gasteiger partial charge on any atom is 0.137 e. The van der Waals surface area contributed by atoms with Gasteiger partial charge in [-0.25, -0.2) is 4.39 Å². The van der Waals surface area contributed by atoms with Crippen molar-refractivity contribution in [3.8, 4) is 0 Å². The molecule has 0 unspecified atom stereocenters. The number of benzene rings is 1. The number of rotatable bonds is 5. The first-order valence-electron chi connectivity index (χ1n) is 5.65. The summed E-state index contributed by atoms with van der Waals surface area (Å²) in [5.41, 5.74) is 1.05. The van der Waals surface area contributed by atoms with E-state index in [0.717, 1.165) is 12.1 Å². The summed E-state index contributed by atoms with van der Waals surface area (Å²) in [4.78, 5) is 2.17. The van der Waals surface area contributed by atoms with Gasteiger partial charge in [0.2, 0.25) is 0 Å². The van der Waals surface area contributed by atoms with Crippen molar-refractivity contribution >= 4 is 15.9 Å². The van der Waals surface area contributed by atoms with Gasteiger partial charge in [0.1, 0.15) is 5.82 Å². The maximum absolute atomic E-state index is 13.3. The van der Waals surface area contributed by atoms with Crippen LogP contribution in [0.5, 0.6) is 0 Å². The van der Waals surface area contributed by atoms with Gasteiger partial charge in [-0.3, -0.25) is 0 Å². The molecule has 1 N–H and O–H groups in total. The van der Waals surface area contributed by atoms with E-state index in [2.05, 4.69) is 54.1 Å². The van der Waals surface area contributed by atoms with Crippen molar-refractivity contribution in [1.82, 2.24) is 10.2 Å². The van der Waals surface area contributed by atoms with Gasteiger partial charge in [-0.05, 0) is 61.6 Å². The summed E-state index contributed by atoms with van der Waals surface area (Å²) >= 11 is 3.15. The zero-order valence-corrected chi connectivity index (χ0v) is 12.4. The Balaban J connectivity index is 2.49. The number of nitrogens with one attached hydrogen (secondary N) is 1. The standard InChI is InChI=1S/C13H20BrFN2/c1-13(2,17(3)4)9-16-8-10-5-6-11(14)12(15)7-10/h5-7,16H,8-9H2,1-4H3. The van der Waals surface area contributed by atoms with Gasteiger partial charge in [-0.15, -0.1) is 0 Å². The summed E-state index contributed by atoms with van der Waals surface area (Å²) in [6.07, 6.45) is 0. The first-order chi connectivity index (χ1) is 7.83. The minimum absolute atomic E-state index is 0.0912. The minimum Gasteiger partial charge on any atom is -0.311 e. The van der Waals surface area contributed by atoms with Crippen LogP contribution in [0.2, 0.25) is 0 Å². The summed E-state index contributed by atoms with van der Waals surface area (Å²) in [5.74, 6) is -0.212. The van der Waals surface area contributed by atoms with E-state index in [1.54, 1.807) is 12.1 Å². The second-order valence-corrected chi connectivity index (χ2v) is 5.91. The van der Waals surface area contributed by atoms with E-state index >= 15 is 0 Å². The maximum atomic E-state index is 13.3. The quantitative estimate of drug-likeness (QED) is 0.899. The Morgan fingerprint density at radius 2 is 2.00 bits per heavy atom. The van der Waals surface area contributed by atoms with Crippen molar-refractivity contribution in [3.05, 3.63) is 34.1 Å². The highest BCUT2D eigenvalue weighted by molar-refractivity contribution is 9.10. The molecular formula is C13H20BrFN2. The van der Waals surface area contributed by atoms with Gasteiger partial charge in [0, 0.05) is 18.6 Å². The molecule has 0 saturated heterocycles. The number of hydrogen-bond acceptors (Lipinski definition) is 2. The molecule has 0 amide bonds. The lowest BCUT2D eigenvalue weighted by Gasteiger charge is -2.32. The molecule has 0 aliphatic carbocycles. The molecule has 0 aliphatic heterocycles. The van der Waals surface area contributed by atoms with E-state index in [1.165, 1.54) is 0 Å². The van der Waals surface area contributed by atoms with Crippen LogP contribution in [0.4, 0.5) is 4.39 Å². The molecule has 1 rings (SSSR count). The van der Waals surface area contributed by atoms with Crippen molar-refractivity contribution in [2.75, 3.05) is 20.6 Å². The molecule has 0 atom stereocenters. The Labute approximate surface area is 111 Å². The third-order valence-electron chi connectivity index (χ3n) is 3.08. The zero-order valence-electron chi connectivity index (χ0n) is 10.8. The number of hydrogen-bond donors (Lipinski definition) is 1. The van der Waals surface area contributed by atoms with Crippen LogP contribution in [0, 0.1) is 5.82 Å². The molecule has 1 aromatic rings. The fraction of sp³-hybridized carbons (Fsp3) is 0.538. The third-order valence-corrected chi connectivity index (χ3v) is 3.72. The molecule has 1 aromatic carbocycles. The fourth-order valence-corrected chi connectivity index (χ4v) is 1.57. The molecule has 0 saturated carbocycles. The van der Waals surface area contributed by atoms with Gasteiger partial charge in [-0.1, -0.05) is 6.07 Å². The normalized spacial score (nSPS) is 12.2. The molecule has 0 aliphatic rings. The minimum atomic E-state index is -0.212. The van der Waals surface area contributed by atoms with E-state index in [4.69, 9.17) is 0 Å². The average molecular weight is 303 g/mol. The summed E-state index contributed by atoms with van der Waals surface area (Å²) in [6, 6.07) is 5.21. The van der Waals surface area contributed by atoms with Crippen molar-refractivity contribution in [1.29, 1.82) is 0 Å². The highest BCUT2D eigenvalue weighted by Crippen LogP contribution is 2.16. The lowest BCUT2D eigenvalue weighted by Crippen LogP contribution is -2.46. The van der Waals surface area contributed by atoms with Crippen LogP contribution in [0.25, 0.3) is 0 Å². The SMILES string of the molecule is CN(C)C(C)(C)CNCc1ccc(Br)c(F)c1. The summed E-state index contributed by atoms with van der Waals surface area (Å²) in [5, 5.41) is 3.35. The zero-order chi connectivity index (χ0) is 13.1. The van der Waals surface area contributed by atoms with E-state index in [0.29, 0.717) is 11.0 Å². The van der Waals surface area contributed by atoms with Crippen LogP contribution in [0.1, 0.15) is 19.4 Å². The van der Waals surface area contributed by atoms with Crippen molar-refractivity contribution in [3.63, 3.8) is 0 Å². The second-order valence-electron chi connectivity index (χ2n) is 5.06. The van der Waals surface area contributed by atoms with E-state index in [-0.39, 0.29) is 11.4 Å². The van der Waals surface area contributed by atoms with E-state index < -0.39 is 0 Å². The molecular weight excluding hydrogens is 283 g/mol. The number of likely N-dealkylation sites (N-methyl/N-ethyl adjacent to an activating group) is 1. The summed E-state index contributed by atoms with van der Waals surface area (Å²) < 4.78 is 13.8. The van der Waals surface area contributed by atoms with Crippen LogP contribution in [-0.2, 0) is 6.54 Å². The van der Waals surface area contributed by atoms with Crippen LogP contribution < -0.4 is 5.32 Å². The van der Waals surface area contributed by atoms with Crippen LogP contribution in [0.3, 0.4) is 0 Å². The smallest absolute Gasteiger partial charge is 0.137 e. The summed E-state index contributed by atoms with van der Waals surface area (Å²) in [6.45, 7) is 5.88. The van der Waals surface area contributed by atoms with Gasteiger partial charge in [-0.2, -0.15) is 0 Å². The number of nitrogens with zero attached hydrogens (tertiary/aromatic N) is 1. The van der Waals surface area contributed by atoms with Gasteiger partial charge in [0.15, 0.2) is 0 Å². The monoisotopic (exact) mass is 302 g/mol. The second kappa shape index (κ2) is 5.94. The molecule has 96 valence electrons. The average Bonchev–Trinajstić information content (AvgIpc) is 2.23. The van der Waals surface area contributed by atoms with Crippen molar-refractivity contribution in [2.45, 2.75) is 25.9 Å². The Bertz CT molecular complexity index is 378. The Kier molecular flexibility index (Phi) is 5.10. The molecule has 0 bridgehead atoms. The molecule has 0 spiro atoms. The lowest BCUT2D eigenvalue weighted by molar-refractivity contribution is 0.190. The molecule has 4 heteroatoms. The van der Waals surface area contributed by atoms with Crippen molar-refractivity contribution in [2.24, 2.45) is 0 Å². The van der Waals surface area contributed by atoms with Gasteiger partial charge < -0.3 is 10.2 Å².